The zero-order valence-corrected chi connectivity index (χ0v) is 15.2. The zero-order valence-electron chi connectivity index (χ0n) is 14.4. The molecule has 28 heavy (non-hydrogen) atoms. The summed E-state index contributed by atoms with van der Waals surface area (Å²) in [5.74, 6) is -2.04. The molecule has 146 valence electrons. The maximum Gasteiger partial charge on any atom is 0.341 e. The number of hydrogen-bond donors (Lipinski definition) is 1. The van der Waals surface area contributed by atoms with Gasteiger partial charge in [0, 0.05) is 24.1 Å². The summed E-state index contributed by atoms with van der Waals surface area (Å²) >= 11 is 1.15. The summed E-state index contributed by atoms with van der Waals surface area (Å²) in [6.07, 6.45) is 1.64. The Labute approximate surface area is 162 Å². The van der Waals surface area contributed by atoms with E-state index in [4.69, 9.17) is 10.5 Å². The van der Waals surface area contributed by atoms with Crippen molar-refractivity contribution in [3.05, 3.63) is 46.5 Å². The Bertz CT molecular complexity index is 940. The van der Waals surface area contributed by atoms with Crippen LogP contribution in [0.3, 0.4) is 0 Å². The van der Waals surface area contributed by atoms with Gasteiger partial charge < -0.3 is 15.4 Å². The van der Waals surface area contributed by atoms with E-state index in [0.717, 1.165) is 17.4 Å². The Kier molecular flexibility index (Phi) is 4.67. The largest absolute Gasteiger partial charge is 0.463 e. The molecule has 0 aliphatic carbocycles. The number of rotatable bonds is 4. The van der Waals surface area contributed by atoms with E-state index in [9.17, 15) is 18.4 Å². The van der Waals surface area contributed by atoms with Crippen LogP contribution >= 0.6 is 11.3 Å². The number of urea groups is 1. The lowest BCUT2D eigenvalue weighted by atomic mass is 10.0. The molecule has 0 saturated carbocycles. The van der Waals surface area contributed by atoms with Crippen molar-refractivity contribution in [1.29, 1.82) is 0 Å². The number of aromatic nitrogens is 1. The van der Waals surface area contributed by atoms with Crippen molar-refractivity contribution in [2.24, 2.45) is 10.8 Å². The molecule has 1 aromatic carbocycles. The molecule has 1 aromatic heterocycles. The average molecular weight is 407 g/mol. The number of ether oxygens (including phenoxy) is 1. The molecule has 11 heteroatoms. The highest BCUT2D eigenvalue weighted by Crippen LogP contribution is 2.31. The Morgan fingerprint density at radius 1 is 1.21 bits per heavy atom. The highest BCUT2D eigenvalue weighted by Gasteiger charge is 2.39. The number of halogens is 2. The van der Waals surface area contributed by atoms with Crippen LogP contribution in [-0.4, -0.2) is 52.2 Å². The first kappa shape index (κ1) is 18.3. The predicted octanol–water partition coefficient (Wildman–Crippen LogP) is 2.14. The minimum atomic E-state index is -0.703. The first-order chi connectivity index (χ1) is 13.4. The average Bonchev–Trinajstić information content (AvgIpc) is 3.25. The van der Waals surface area contributed by atoms with Crippen molar-refractivity contribution in [1.82, 2.24) is 14.9 Å². The van der Waals surface area contributed by atoms with Crippen LogP contribution in [0.4, 0.5) is 13.6 Å². The number of hydrogen-bond acceptors (Lipinski definition) is 6. The SMILES string of the molecule is NC(=O)c1csc(OC2CN(C(=O)N3N=CC[C@H]3c3cc(F)cc(F)c3)C2)n1. The van der Waals surface area contributed by atoms with Crippen LogP contribution in [0.1, 0.15) is 28.5 Å². The summed E-state index contributed by atoms with van der Waals surface area (Å²) in [6, 6.07) is 2.24. The number of amides is 3. The zero-order chi connectivity index (χ0) is 19.8. The van der Waals surface area contributed by atoms with E-state index in [2.05, 4.69) is 10.1 Å². The molecule has 3 amide bonds. The van der Waals surface area contributed by atoms with Crippen LogP contribution < -0.4 is 10.5 Å². The van der Waals surface area contributed by atoms with Crippen LogP contribution in [0.25, 0.3) is 0 Å². The first-order valence-corrected chi connectivity index (χ1v) is 9.27. The standard InChI is InChI=1S/C17H15F2N5O3S/c18-10-3-9(4-11(19)5-10)14-1-2-21-24(14)17(26)23-6-12(7-23)27-16-22-13(8-28-16)15(20)25/h2-5,8,12,14H,1,6-7H2,(H2,20,25)/t14-/m0/s1. The highest BCUT2D eigenvalue weighted by molar-refractivity contribution is 7.11. The monoisotopic (exact) mass is 407 g/mol. The van der Waals surface area contributed by atoms with Crippen LogP contribution in [0.15, 0.2) is 28.7 Å². The van der Waals surface area contributed by atoms with Crippen molar-refractivity contribution in [2.75, 3.05) is 13.1 Å². The number of benzene rings is 1. The second-order valence-corrected chi connectivity index (χ2v) is 7.21. The lowest BCUT2D eigenvalue weighted by Crippen LogP contribution is -2.58. The Morgan fingerprint density at radius 3 is 2.57 bits per heavy atom. The van der Waals surface area contributed by atoms with Crippen LogP contribution in [0, 0.1) is 11.6 Å². The van der Waals surface area contributed by atoms with Crippen molar-refractivity contribution < 1.29 is 23.1 Å². The molecule has 0 bridgehead atoms. The molecule has 2 aliphatic rings. The van der Waals surface area contributed by atoms with E-state index in [1.807, 2.05) is 0 Å². The van der Waals surface area contributed by atoms with Crippen LogP contribution in [0.2, 0.25) is 0 Å². The van der Waals surface area contributed by atoms with E-state index >= 15 is 0 Å². The molecule has 1 atom stereocenters. The molecule has 2 aromatic rings. The third-order valence-electron chi connectivity index (χ3n) is 4.42. The Balaban J connectivity index is 1.37. The smallest absolute Gasteiger partial charge is 0.341 e. The number of thiazole rings is 1. The molecule has 3 heterocycles. The minimum absolute atomic E-state index is 0.129. The quantitative estimate of drug-likeness (QED) is 0.839. The summed E-state index contributed by atoms with van der Waals surface area (Å²) in [5, 5.41) is 7.08. The Hall–Kier alpha value is -3.08. The van der Waals surface area contributed by atoms with E-state index in [0.29, 0.717) is 30.3 Å². The van der Waals surface area contributed by atoms with Crippen LogP contribution in [-0.2, 0) is 0 Å². The maximum atomic E-state index is 13.5. The number of nitrogens with two attached hydrogens (primary N) is 1. The predicted molar refractivity (Wildman–Crippen MR) is 96.1 cm³/mol. The van der Waals surface area contributed by atoms with E-state index < -0.39 is 23.6 Å². The minimum Gasteiger partial charge on any atom is -0.463 e. The molecule has 0 radical (unpaired) electrons. The summed E-state index contributed by atoms with van der Waals surface area (Å²) in [7, 11) is 0. The summed E-state index contributed by atoms with van der Waals surface area (Å²) in [5.41, 5.74) is 5.62. The summed E-state index contributed by atoms with van der Waals surface area (Å²) in [6.45, 7) is 0.612. The normalized spacial score (nSPS) is 19.0. The lowest BCUT2D eigenvalue weighted by Gasteiger charge is -2.40. The fourth-order valence-electron chi connectivity index (χ4n) is 3.02. The second kappa shape index (κ2) is 7.15. The second-order valence-electron chi connectivity index (χ2n) is 6.39. The fourth-order valence-corrected chi connectivity index (χ4v) is 3.75. The fraction of sp³-hybridized carbons (Fsp3) is 0.294. The van der Waals surface area contributed by atoms with Gasteiger partial charge in [-0.25, -0.2) is 18.6 Å². The van der Waals surface area contributed by atoms with E-state index in [1.165, 1.54) is 27.4 Å². The van der Waals surface area contributed by atoms with E-state index in [-0.39, 0.29) is 17.8 Å². The molecule has 4 rings (SSSR count). The van der Waals surface area contributed by atoms with Gasteiger partial charge in [-0.15, -0.1) is 0 Å². The van der Waals surface area contributed by atoms with Gasteiger partial charge in [-0.05, 0) is 17.7 Å². The molecular weight excluding hydrogens is 392 g/mol. The molecule has 1 saturated heterocycles. The van der Waals surface area contributed by atoms with Crippen molar-refractivity contribution >= 4 is 29.5 Å². The van der Waals surface area contributed by atoms with Gasteiger partial charge in [-0.1, -0.05) is 11.3 Å². The summed E-state index contributed by atoms with van der Waals surface area (Å²) < 4.78 is 32.6. The molecule has 0 spiro atoms. The number of carbonyl (C=O) groups excluding carboxylic acids is 2. The third-order valence-corrected chi connectivity index (χ3v) is 5.15. The number of nitrogens with zero attached hydrogens (tertiary/aromatic N) is 4. The molecule has 1 fully saturated rings. The third kappa shape index (κ3) is 3.52. The molecular formula is C17H15F2N5O3S. The number of hydrazone groups is 1. The van der Waals surface area contributed by atoms with E-state index in [1.54, 1.807) is 6.21 Å². The molecule has 2 aliphatic heterocycles. The lowest BCUT2D eigenvalue weighted by molar-refractivity contribution is 0.0275. The maximum absolute atomic E-state index is 13.5. The number of primary amides is 1. The van der Waals surface area contributed by atoms with Crippen LogP contribution in [0.5, 0.6) is 5.19 Å². The Morgan fingerprint density at radius 2 is 1.93 bits per heavy atom. The van der Waals surface area contributed by atoms with Gasteiger partial charge in [0.25, 0.3) is 11.1 Å². The number of likely N-dealkylation sites (tertiary alicyclic amines) is 1. The van der Waals surface area contributed by atoms with Crippen molar-refractivity contribution in [3.8, 4) is 5.19 Å². The van der Waals surface area contributed by atoms with Crippen molar-refractivity contribution in [3.63, 3.8) is 0 Å². The van der Waals surface area contributed by atoms with Gasteiger partial charge in [-0.2, -0.15) is 10.1 Å². The molecule has 8 nitrogen and oxygen atoms in total. The van der Waals surface area contributed by atoms with Crippen molar-refractivity contribution in [2.45, 2.75) is 18.6 Å². The van der Waals surface area contributed by atoms with Gasteiger partial charge >= 0.3 is 6.03 Å². The van der Waals surface area contributed by atoms with Gasteiger partial charge in [-0.3, -0.25) is 4.79 Å². The van der Waals surface area contributed by atoms with Gasteiger partial charge in [0.15, 0.2) is 0 Å². The van der Waals surface area contributed by atoms with Gasteiger partial charge in [0.2, 0.25) is 0 Å². The van der Waals surface area contributed by atoms with Gasteiger partial charge in [0.1, 0.15) is 23.4 Å². The topological polar surface area (TPSA) is 101 Å². The summed E-state index contributed by atoms with van der Waals surface area (Å²) in [4.78, 5) is 29.2. The molecule has 2 N–H and O–H groups in total. The van der Waals surface area contributed by atoms with Gasteiger partial charge in [0.05, 0.1) is 19.1 Å². The highest BCUT2D eigenvalue weighted by atomic mass is 32.1. The molecule has 0 unspecified atom stereocenters. The number of carbonyl (C=O) groups is 2. The first-order valence-electron chi connectivity index (χ1n) is 8.39.